The van der Waals surface area contributed by atoms with E-state index in [9.17, 15) is 14.7 Å². The van der Waals surface area contributed by atoms with Gasteiger partial charge in [-0.15, -0.1) is 0 Å². The quantitative estimate of drug-likeness (QED) is 0.693. The van der Waals surface area contributed by atoms with Crippen LogP contribution >= 0.6 is 15.9 Å². The van der Waals surface area contributed by atoms with Crippen molar-refractivity contribution in [3.8, 4) is 0 Å². The average molecular weight is 329 g/mol. The Hall–Kier alpha value is -1.60. The maximum Gasteiger partial charge on any atom is 0.326 e. The maximum absolute atomic E-state index is 12.3. The molecule has 1 aromatic rings. The number of nitrogen functional groups attached to an aromatic ring is 1. The molecule has 1 aromatic carbocycles. The molecule has 1 aliphatic heterocycles. The lowest BCUT2D eigenvalue weighted by atomic mass is 10.1. The monoisotopic (exact) mass is 328 g/mol. The minimum atomic E-state index is -1.12. The molecule has 1 heterocycles. The summed E-state index contributed by atoms with van der Waals surface area (Å²) in [7, 11) is 0. The van der Waals surface area contributed by atoms with Gasteiger partial charge in [0.1, 0.15) is 6.04 Å². The number of carbonyl (C=O) groups excluding carboxylic acids is 1. The molecule has 1 saturated heterocycles. The molecule has 1 fully saturated rings. The zero-order valence-electron chi connectivity index (χ0n) is 9.91. The van der Waals surface area contributed by atoms with Crippen molar-refractivity contribution in [2.24, 2.45) is 0 Å². The molecule has 2 atom stereocenters. The topological polar surface area (TPSA) is 104 Å². The molecule has 4 N–H and O–H groups in total. The average Bonchev–Trinajstić information content (AvgIpc) is 2.74. The molecule has 2 rings (SSSR count). The van der Waals surface area contributed by atoms with E-state index in [1.54, 1.807) is 12.1 Å². The van der Waals surface area contributed by atoms with Crippen LogP contribution in [0.25, 0.3) is 0 Å². The fraction of sp³-hybridized carbons (Fsp3) is 0.333. The number of aliphatic hydroxyl groups is 1. The van der Waals surface area contributed by atoms with Crippen LogP contribution in [0, 0.1) is 0 Å². The molecule has 0 radical (unpaired) electrons. The van der Waals surface area contributed by atoms with Crippen molar-refractivity contribution >= 4 is 33.5 Å². The zero-order valence-corrected chi connectivity index (χ0v) is 11.5. The number of benzene rings is 1. The Morgan fingerprint density at radius 3 is 2.74 bits per heavy atom. The number of amides is 1. The second-order valence-corrected chi connectivity index (χ2v) is 5.29. The van der Waals surface area contributed by atoms with Crippen LogP contribution in [-0.4, -0.2) is 45.7 Å². The second kappa shape index (κ2) is 5.18. The fourth-order valence-electron chi connectivity index (χ4n) is 2.13. The van der Waals surface area contributed by atoms with Gasteiger partial charge in [0.25, 0.3) is 5.91 Å². The lowest BCUT2D eigenvalue weighted by Crippen LogP contribution is -2.40. The summed E-state index contributed by atoms with van der Waals surface area (Å²) in [6.45, 7) is 0.0110. The van der Waals surface area contributed by atoms with Gasteiger partial charge in [-0.2, -0.15) is 0 Å². The molecule has 102 valence electrons. The number of likely N-dealkylation sites (tertiary alicyclic amines) is 1. The van der Waals surface area contributed by atoms with E-state index in [4.69, 9.17) is 10.8 Å². The Labute approximate surface area is 117 Å². The molecule has 0 aliphatic carbocycles. The van der Waals surface area contributed by atoms with E-state index in [-0.39, 0.29) is 13.0 Å². The predicted molar refractivity (Wildman–Crippen MR) is 71.6 cm³/mol. The minimum Gasteiger partial charge on any atom is -0.480 e. The van der Waals surface area contributed by atoms with Crippen molar-refractivity contribution in [3.63, 3.8) is 0 Å². The molecule has 0 bridgehead atoms. The van der Waals surface area contributed by atoms with Crippen LogP contribution in [0.2, 0.25) is 0 Å². The third-order valence-electron chi connectivity index (χ3n) is 3.05. The summed E-state index contributed by atoms with van der Waals surface area (Å²) in [4.78, 5) is 24.6. The lowest BCUT2D eigenvalue weighted by molar-refractivity contribution is -0.141. The molecule has 7 heteroatoms. The van der Waals surface area contributed by atoms with Gasteiger partial charge in [-0.25, -0.2) is 4.79 Å². The van der Waals surface area contributed by atoms with Crippen LogP contribution in [0.4, 0.5) is 5.69 Å². The van der Waals surface area contributed by atoms with Crippen LogP contribution < -0.4 is 5.73 Å². The van der Waals surface area contributed by atoms with Crippen molar-refractivity contribution in [2.75, 3.05) is 12.3 Å². The third-order valence-corrected chi connectivity index (χ3v) is 3.74. The molecule has 0 aromatic heterocycles. The van der Waals surface area contributed by atoms with Gasteiger partial charge in [-0.3, -0.25) is 4.79 Å². The number of carboxylic acid groups (broad SMARTS) is 1. The number of hydrogen-bond donors (Lipinski definition) is 3. The van der Waals surface area contributed by atoms with Gasteiger partial charge >= 0.3 is 5.97 Å². The first-order valence-corrected chi connectivity index (χ1v) is 6.46. The van der Waals surface area contributed by atoms with Gasteiger partial charge in [0.15, 0.2) is 0 Å². The second-order valence-electron chi connectivity index (χ2n) is 4.44. The number of carboxylic acids is 1. The zero-order chi connectivity index (χ0) is 14.2. The third kappa shape index (κ3) is 2.71. The Bertz CT molecular complexity index is 534. The number of nitrogens with zero attached hydrogens (tertiary/aromatic N) is 1. The first-order valence-electron chi connectivity index (χ1n) is 5.67. The number of rotatable bonds is 2. The van der Waals surface area contributed by atoms with Crippen LogP contribution in [0.3, 0.4) is 0 Å². The standard InChI is InChI=1S/C12H13BrN2O4/c13-9-2-1-6(14)3-8(9)11(17)15-5-7(16)4-10(15)12(18)19/h1-3,7,10,16H,4-5,14H2,(H,18,19)/t7?,10-/m0/s1. The van der Waals surface area contributed by atoms with Gasteiger partial charge < -0.3 is 20.8 Å². The van der Waals surface area contributed by atoms with E-state index in [1.807, 2.05) is 0 Å². The molecule has 0 spiro atoms. The largest absolute Gasteiger partial charge is 0.480 e. The molecule has 19 heavy (non-hydrogen) atoms. The molecule has 0 saturated carbocycles. The van der Waals surface area contributed by atoms with Crippen LogP contribution in [0.1, 0.15) is 16.8 Å². The van der Waals surface area contributed by atoms with Gasteiger partial charge in [0, 0.05) is 23.1 Å². The van der Waals surface area contributed by atoms with E-state index >= 15 is 0 Å². The predicted octanol–water partition coefficient (Wildman–Crippen LogP) is 0.691. The maximum atomic E-state index is 12.3. The summed E-state index contributed by atoms with van der Waals surface area (Å²) >= 11 is 3.24. The highest BCUT2D eigenvalue weighted by Gasteiger charge is 2.39. The van der Waals surface area contributed by atoms with Crippen molar-refractivity contribution in [2.45, 2.75) is 18.6 Å². The summed E-state index contributed by atoms with van der Waals surface area (Å²) in [5.74, 6) is -1.58. The van der Waals surface area contributed by atoms with E-state index in [0.717, 1.165) is 4.90 Å². The lowest BCUT2D eigenvalue weighted by Gasteiger charge is -2.21. The SMILES string of the molecule is Nc1ccc(Br)c(C(=O)N2CC(O)C[C@H]2C(=O)O)c1. The van der Waals surface area contributed by atoms with Crippen molar-refractivity contribution in [3.05, 3.63) is 28.2 Å². The van der Waals surface area contributed by atoms with E-state index in [1.165, 1.54) is 6.07 Å². The van der Waals surface area contributed by atoms with Crippen molar-refractivity contribution in [1.29, 1.82) is 0 Å². The molecule has 6 nitrogen and oxygen atoms in total. The Kier molecular flexibility index (Phi) is 3.77. The molecule has 1 amide bonds. The van der Waals surface area contributed by atoms with E-state index in [0.29, 0.717) is 15.7 Å². The van der Waals surface area contributed by atoms with Gasteiger partial charge in [0.05, 0.1) is 11.7 Å². The highest BCUT2D eigenvalue weighted by Crippen LogP contribution is 2.26. The van der Waals surface area contributed by atoms with Crippen LogP contribution in [-0.2, 0) is 4.79 Å². The Balaban J connectivity index is 2.33. The smallest absolute Gasteiger partial charge is 0.326 e. The van der Waals surface area contributed by atoms with Crippen molar-refractivity contribution < 1.29 is 19.8 Å². The van der Waals surface area contributed by atoms with E-state index < -0.39 is 24.0 Å². The molecule has 1 aliphatic rings. The normalized spacial score (nSPS) is 22.5. The number of nitrogens with two attached hydrogens (primary N) is 1. The number of carbonyl (C=O) groups is 2. The minimum absolute atomic E-state index is 0.0110. The summed E-state index contributed by atoms with van der Waals surface area (Å²) in [5.41, 5.74) is 6.34. The Morgan fingerprint density at radius 2 is 2.11 bits per heavy atom. The number of anilines is 1. The highest BCUT2D eigenvalue weighted by molar-refractivity contribution is 9.10. The summed E-state index contributed by atoms with van der Waals surface area (Å²) in [6.07, 6.45) is -0.772. The van der Waals surface area contributed by atoms with Crippen LogP contribution in [0.15, 0.2) is 22.7 Å². The summed E-state index contributed by atoms with van der Waals surface area (Å²) < 4.78 is 0.539. The van der Waals surface area contributed by atoms with Gasteiger partial charge in [-0.1, -0.05) is 0 Å². The Morgan fingerprint density at radius 1 is 1.42 bits per heavy atom. The number of aliphatic hydroxyl groups excluding tert-OH is 1. The summed E-state index contributed by atoms with van der Waals surface area (Å²) in [6, 6.07) is 3.74. The number of halogens is 1. The fourth-order valence-corrected chi connectivity index (χ4v) is 2.55. The number of β-amino-alcohol motifs (C(OH)–C–C–N with tert-alkyl or cyclic N) is 1. The molecular weight excluding hydrogens is 316 g/mol. The van der Waals surface area contributed by atoms with Gasteiger partial charge in [0.2, 0.25) is 0 Å². The van der Waals surface area contributed by atoms with E-state index in [2.05, 4.69) is 15.9 Å². The summed E-state index contributed by atoms with van der Waals surface area (Å²) in [5, 5.41) is 18.6. The first-order chi connectivity index (χ1) is 8.90. The van der Waals surface area contributed by atoms with Crippen molar-refractivity contribution in [1.82, 2.24) is 4.90 Å². The number of hydrogen-bond acceptors (Lipinski definition) is 4. The molecule has 1 unspecified atom stereocenters. The van der Waals surface area contributed by atoms with Crippen LogP contribution in [0.5, 0.6) is 0 Å². The highest BCUT2D eigenvalue weighted by atomic mass is 79.9. The first kappa shape index (κ1) is 13.8. The van der Waals surface area contributed by atoms with Gasteiger partial charge in [-0.05, 0) is 34.1 Å². The number of aliphatic carboxylic acids is 1. The molecular formula is C12H13BrN2O4.